The normalized spacial score (nSPS) is 11.6. The van der Waals surface area contributed by atoms with Crippen LogP contribution in [-0.2, 0) is 11.3 Å². The number of hydrogen-bond acceptors (Lipinski definition) is 4. The van der Waals surface area contributed by atoms with Crippen molar-refractivity contribution < 1.29 is 14.3 Å². The lowest BCUT2D eigenvalue weighted by Gasteiger charge is -2.19. The van der Waals surface area contributed by atoms with Crippen LogP contribution in [0.25, 0.3) is 0 Å². The van der Waals surface area contributed by atoms with E-state index in [-0.39, 0.29) is 5.91 Å². The molecule has 0 spiro atoms. The maximum absolute atomic E-state index is 11.8. The van der Waals surface area contributed by atoms with E-state index in [4.69, 9.17) is 4.74 Å². The van der Waals surface area contributed by atoms with Gasteiger partial charge in [0.1, 0.15) is 5.60 Å². The van der Waals surface area contributed by atoms with Gasteiger partial charge in [0.2, 0.25) is 0 Å². The van der Waals surface area contributed by atoms with Gasteiger partial charge >= 0.3 is 6.09 Å². The number of nitrogens with one attached hydrogen (secondary N) is 4. The van der Waals surface area contributed by atoms with Crippen molar-refractivity contribution in [1.29, 1.82) is 0 Å². The Balaban J connectivity index is 2.42. The first-order valence-corrected chi connectivity index (χ1v) is 10.1. The van der Waals surface area contributed by atoms with E-state index in [9.17, 15) is 9.59 Å². The minimum Gasteiger partial charge on any atom is -0.444 e. The predicted molar refractivity (Wildman–Crippen MR) is 116 cm³/mol. The average molecular weight is 406 g/mol. The summed E-state index contributed by atoms with van der Waals surface area (Å²) in [5.41, 5.74) is 1.16. The number of guanidine groups is 1. The van der Waals surface area contributed by atoms with Crippen molar-refractivity contribution in [2.45, 2.75) is 53.2 Å². The van der Waals surface area contributed by atoms with E-state index in [1.165, 1.54) is 0 Å². The van der Waals surface area contributed by atoms with Gasteiger partial charge in [-0.2, -0.15) is 0 Å². The summed E-state index contributed by atoms with van der Waals surface area (Å²) in [5.74, 6) is 0.634. The van der Waals surface area contributed by atoms with E-state index >= 15 is 0 Å². The van der Waals surface area contributed by atoms with Gasteiger partial charge in [0, 0.05) is 31.7 Å². The van der Waals surface area contributed by atoms with Crippen LogP contribution < -0.4 is 21.3 Å². The van der Waals surface area contributed by atoms with Crippen LogP contribution in [0.5, 0.6) is 0 Å². The molecule has 0 saturated carbocycles. The first-order valence-electron chi connectivity index (χ1n) is 10.1. The van der Waals surface area contributed by atoms with Gasteiger partial charge in [-0.15, -0.1) is 0 Å². The van der Waals surface area contributed by atoms with E-state index < -0.39 is 11.7 Å². The molecule has 1 aromatic carbocycles. The highest BCUT2D eigenvalue weighted by Gasteiger charge is 2.15. The van der Waals surface area contributed by atoms with Gasteiger partial charge in [-0.05, 0) is 58.7 Å². The van der Waals surface area contributed by atoms with Crippen molar-refractivity contribution in [3.05, 3.63) is 35.4 Å². The smallest absolute Gasteiger partial charge is 0.407 e. The Bertz CT molecular complexity index is 666. The van der Waals surface area contributed by atoms with Gasteiger partial charge in [0.25, 0.3) is 5.91 Å². The van der Waals surface area contributed by atoms with Gasteiger partial charge in [0.05, 0.1) is 6.54 Å². The molecule has 1 aromatic rings. The van der Waals surface area contributed by atoms with Crippen LogP contribution in [0.2, 0.25) is 0 Å². The summed E-state index contributed by atoms with van der Waals surface area (Å²) in [7, 11) is 0. The number of hydrogen-bond donors (Lipinski definition) is 4. The third kappa shape index (κ3) is 11.0. The van der Waals surface area contributed by atoms with E-state index in [0.29, 0.717) is 37.7 Å². The number of benzene rings is 1. The summed E-state index contributed by atoms with van der Waals surface area (Å²) in [6, 6.07) is 7.42. The fourth-order valence-corrected chi connectivity index (χ4v) is 2.34. The van der Waals surface area contributed by atoms with Crippen molar-refractivity contribution in [3.8, 4) is 0 Å². The minimum atomic E-state index is -0.495. The lowest BCUT2D eigenvalue weighted by Crippen LogP contribution is -2.39. The molecule has 162 valence electrons. The largest absolute Gasteiger partial charge is 0.444 e. The molecule has 0 aliphatic heterocycles. The highest BCUT2D eigenvalue weighted by atomic mass is 16.6. The van der Waals surface area contributed by atoms with Crippen molar-refractivity contribution in [1.82, 2.24) is 21.3 Å². The number of amides is 2. The molecule has 0 radical (unpaired) electrons. The molecule has 0 atom stereocenters. The molecule has 0 fully saturated rings. The Hall–Kier alpha value is -2.77. The molecule has 0 bridgehead atoms. The third-order valence-electron chi connectivity index (χ3n) is 3.63. The fourth-order valence-electron chi connectivity index (χ4n) is 2.34. The van der Waals surface area contributed by atoms with Gasteiger partial charge in [-0.3, -0.25) is 4.79 Å². The number of rotatable bonds is 9. The maximum Gasteiger partial charge on any atom is 0.407 e. The molecule has 0 aliphatic rings. The second kappa shape index (κ2) is 12.6. The summed E-state index contributed by atoms with van der Waals surface area (Å²) in [5, 5.41) is 11.9. The van der Waals surface area contributed by atoms with E-state index in [1.54, 1.807) is 12.1 Å². The zero-order chi connectivity index (χ0) is 21.7. The number of carbonyl (C=O) groups is 2. The van der Waals surface area contributed by atoms with Crippen LogP contribution >= 0.6 is 0 Å². The number of aliphatic imine (C=N–C) groups is 1. The van der Waals surface area contributed by atoms with Crippen LogP contribution in [0.1, 0.15) is 57.0 Å². The van der Waals surface area contributed by atoms with Crippen LogP contribution in [0.15, 0.2) is 29.3 Å². The summed E-state index contributed by atoms with van der Waals surface area (Å²) >= 11 is 0. The molecule has 0 unspecified atom stereocenters. The Morgan fingerprint density at radius 2 is 1.55 bits per heavy atom. The van der Waals surface area contributed by atoms with Gasteiger partial charge in [-0.1, -0.05) is 12.1 Å². The monoisotopic (exact) mass is 405 g/mol. The van der Waals surface area contributed by atoms with E-state index in [0.717, 1.165) is 18.5 Å². The highest BCUT2D eigenvalue weighted by molar-refractivity contribution is 5.94. The van der Waals surface area contributed by atoms with Gasteiger partial charge < -0.3 is 26.0 Å². The highest BCUT2D eigenvalue weighted by Crippen LogP contribution is 2.07. The molecule has 0 aliphatic carbocycles. The second-order valence-corrected chi connectivity index (χ2v) is 7.46. The summed E-state index contributed by atoms with van der Waals surface area (Å²) in [6.45, 7) is 12.4. The lowest BCUT2D eigenvalue weighted by molar-refractivity contribution is 0.0527. The van der Waals surface area contributed by atoms with Crippen LogP contribution in [0, 0.1) is 0 Å². The average Bonchev–Trinajstić information content (AvgIpc) is 2.65. The van der Waals surface area contributed by atoms with Gasteiger partial charge in [0.15, 0.2) is 5.96 Å². The molecule has 2 amide bonds. The van der Waals surface area contributed by atoms with E-state index in [2.05, 4.69) is 26.3 Å². The number of carbonyl (C=O) groups excluding carboxylic acids is 2. The van der Waals surface area contributed by atoms with Crippen LogP contribution in [-0.4, -0.2) is 49.7 Å². The molecule has 1 rings (SSSR count). The quantitative estimate of drug-likeness (QED) is 0.287. The number of ether oxygens (including phenoxy) is 1. The SMILES string of the molecule is CCNC(=O)c1ccc(CN=C(NCC)NCCCNC(=O)OC(C)(C)C)cc1. The first-order chi connectivity index (χ1) is 13.7. The zero-order valence-electron chi connectivity index (χ0n) is 18.2. The summed E-state index contributed by atoms with van der Waals surface area (Å²) in [4.78, 5) is 28.0. The van der Waals surface area contributed by atoms with Crippen LogP contribution in [0.3, 0.4) is 0 Å². The topological polar surface area (TPSA) is 104 Å². The standard InChI is InChI=1S/C21H35N5O3/c1-6-22-18(27)17-11-9-16(10-12-17)15-26-19(23-7-2)24-13-8-14-25-20(28)29-21(3,4)5/h9-12H,6-8,13-15H2,1-5H3,(H,22,27)(H,25,28)(H2,23,24,26). The molecule has 0 saturated heterocycles. The second-order valence-electron chi connectivity index (χ2n) is 7.46. The molecule has 0 aromatic heterocycles. The summed E-state index contributed by atoms with van der Waals surface area (Å²) < 4.78 is 5.20. The Kier molecular flexibility index (Phi) is 10.6. The van der Waals surface area contributed by atoms with E-state index in [1.807, 2.05) is 46.8 Å². The lowest BCUT2D eigenvalue weighted by atomic mass is 10.1. The number of nitrogens with zero attached hydrogens (tertiary/aromatic N) is 1. The van der Waals surface area contributed by atoms with Crippen molar-refractivity contribution in [2.75, 3.05) is 26.2 Å². The molecule has 29 heavy (non-hydrogen) atoms. The molecule has 4 N–H and O–H groups in total. The molecule has 8 heteroatoms. The fraction of sp³-hybridized carbons (Fsp3) is 0.571. The third-order valence-corrected chi connectivity index (χ3v) is 3.63. The Morgan fingerprint density at radius 1 is 0.931 bits per heavy atom. The number of alkyl carbamates (subject to hydrolysis) is 1. The molecule has 8 nitrogen and oxygen atoms in total. The van der Waals surface area contributed by atoms with Crippen molar-refractivity contribution in [2.24, 2.45) is 4.99 Å². The van der Waals surface area contributed by atoms with Crippen molar-refractivity contribution >= 4 is 18.0 Å². The first kappa shape index (κ1) is 24.3. The Labute approximate surface area is 173 Å². The molecule has 0 heterocycles. The Morgan fingerprint density at radius 3 is 2.14 bits per heavy atom. The summed E-state index contributed by atoms with van der Waals surface area (Å²) in [6.07, 6.45) is 0.333. The van der Waals surface area contributed by atoms with Gasteiger partial charge in [-0.25, -0.2) is 9.79 Å². The zero-order valence-corrected chi connectivity index (χ0v) is 18.2. The minimum absolute atomic E-state index is 0.0717. The molecular formula is C21H35N5O3. The predicted octanol–water partition coefficient (Wildman–Crippen LogP) is 2.41. The van der Waals surface area contributed by atoms with Crippen molar-refractivity contribution in [3.63, 3.8) is 0 Å². The van der Waals surface area contributed by atoms with Crippen LogP contribution in [0.4, 0.5) is 4.79 Å². The molecular weight excluding hydrogens is 370 g/mol. The maximum atomic E-state index is 11.8.